The lowest BCUT2D eigenvalue weighted by molar-refractivity contribution is 0.0625. The van der Waals surface area contributed by atoms with Crippen LogP contribution in [0.4, 0.5) is 0 Å². The van der Waals surface area contributed by atoms with Gasteiger partial charge in [-0.2, -0.15) is 0 Å². The summed E-state index contributed by atoms with van der Waals surface area (Å²) in [4.78, 5) is 9.10. The average molecular weight is 403 g/mol. The number of piperidine rings is 1. The predicted octanol–water partition coefficient (Wildman–Crippen LogP) is 2.47. The summed E-state index contributed by atoms with van der Waals surface area (Å²) in [6.07, 6.45) is 5.24. The molecule has 2 saturated heterocycles. The topological polar surface area (TPSA) is 60.3 Å². The number of nitrogens with one attached hydrogen (secondary N) is 1. The van der Waals surface area contributed by atoms with Crippen LogP contribution in [0.2, 0.25) is 0 Å². The molecule has 2 fully saturated rings. The molecule has 0 radical (unpaired) electrons. The van der Waals surface area contributed by atoms with Crippen LogP contribution in [0.5, 0.6) is 0 Å². The van der Waals surface area contributed by atoms with Crippen LogP contribution < -0.4 is 5.32 Å². The Kier molecular flexibility index (Phi) is 8.77. The number of rotatable bonds is 7. The number of nitrogens with zero attached hydrogens (tertiary/aromatic N) is 3. The van der Waals surface area contributed by atoms with Crippen LogP contribution >= 0.6 is 0 Å². The largest absolute Gasteiger partial charge is 0.393 e. The van der Waals surface area contributed by atoms with Crippen LogP contribution in [0.25, 0.3) is 0 Å². The summed E-state index contributed by atoms with van der Waals surface area (Å²) in [7, 11) is 3.97. The van der Waals surface area contributed by atoms with E-state index in [0.29, 0.717) is 0 Å². The van der Waals surface area contributed by atoms with E-state index in [0.717, 1.165) is 70.7 Å². The summed E-state index contributed by atoms with van der Waals surface area (Å²) in [5, 5.41) is 13.1. The van der Waals surface area contributed by atoms with Crippen molar-refractivity contribution in [3.8, 4) is 0 Å². The molecule has 0 amide bonds. The minimum absolute atomic E-state index is 0.107. The van der Waals surface area contributed by atoms with E-state index in [1.807, 2.05) is 7.05 Å². The van der Waals surface area contributed by atoms with E-state index in [4.69, 9.17) is 4.74 Å². The lowest BCUT2D eigenvalue weighted by atomic mass is 9.96. The van der Waals surface area contributed by atoms with Crippen molar-refractivity contribution >= 4 is 5.96 Å². The highest BCUT2D eigenvalue weighted by Gasteiger charge is 2.17. The Morgan fingerprint density at radius 3 is 2.45 bits per heavy atom. The van der Waals surface area contributed by atoms with Crippen molar-refractivity contribution in [3.63, 3.8) is 0 Å². The Bertz CT molecular complexity index is 620. The normalized spacial score (nSPS) is 20.0. The van der Waals surface area contributed by atoms with Crippen LogP contribution in [-0.4, -0.2) is 73.9 Å². The molecule has 0 aromatic heterocycles. The molecular weight excluding hydrogens is 364 g/mol. The predicted molar refractivity (Wildman–Crippen MR) is 118 cm³/mol. The molecule has 1 aromatic carbocycles. The summed E-state index contributed by atoms with van der Waals surface area (Å²) in [6, 6.07) is 8.85. The van der Waals surface area contributed by atoms with Gasteiger partial charge in [0.25, 0.3) is 0 Å². The van der Waals surface area contributed by atoms with Gasteiger partial charge in [-0.15, -0.1) is 0 Å². The van der Waals surface area contributed by atoms with E-state index >= 15 is 0 Å². The van der Waals surface area contributed by atoms with Crippen molar-refractivity contribution in [1.82, 2.24) is 15.1 Å². The van der Waals surface area contributed by atoms with Crippen molar-refractivity contribution in [1.29, 1.82) is 0 Å². The standard InChI is InChI=1S/C23H38N4O2/c1-24-23(26(2)12-7-19-10-15-29-16-11-19)25-17-20-3-5-21(6-4-20)18-27-13-8-22(28)9-14-27/h3-6,19,22,28H,7-18H2,1-2H3,(H,24,25). The van der Waals surface area contributed by atoms with Gasteiger partial charge in [0, 0.05) is 60.0 Å². The molecule has 1 aromatic rings. The van der Waals surface area contributed by atoms with Gasteiger partial charge in [0.1, 0.15) is 0 Å². The molecule has 0 unspecified atom stereocenters. The molecule has 0 atom stereocenters. The van der Waals surface area contributed by atoms with Gasteiger partial charge in [-0.3, -0.25) is 9.89 Å². The van der Waals surface area contributed by atoms with Gasteiger partial charge in [-0.25, -0.2) is 0 Å². The second-order valence-electron chi connectivity index (χ2n) is 8.49. The molecule has 2 aliphatic heterocycles. The molecule has 3 rings (SSSR count). The van der Waals surface area contributed by atoms with Crippen molar-refractivity contribution < 1.29 is 9.84 Å². The Labute approximate surface area is 175 Å². The fourth-order valence-electron chi connectivity index (χ4n) is 4.18. The third-order valence-corrected chi connectivity index (χ3v) is 6.22. The number of hydrogen-bond donors (Lipinski definition) is 2. The highest BCUT2D eigenvalue weighted by molar-refractivity contribution is 5.79. The maximum Gasteiger partial charge on any atom is 0.193 e. The van der Waals surface area contributed by atoms with Gasteiger partial charge in [0.2, 0.25) is 0 Å². The van der Waals surface area contributed by atoms with Crippen LogP contribution in [-0.2, 0) is 17.8 Å². The Hall–Kier alpha value is -1.63. The summed E-state index contributed by atoms with van der Waals surface area (Å²) >= 11 is 0. The zero-order valence-electron chi connectivity index (χ0n) is 18.1. The molecule has 6 nitrogen and oxygen atoms in total. The summed E-state index contributed by atoms with van der Waals surface area (Å²) < 4.78 is 5.46. The SMILES string of the molecule is CN=C(NCc1ccc(CN2CCC(O)CC2)cc1)N(C)CCC1CCOCC1. The summed E-state index contributed by atoms with van der Waals surface area (Å²) in [5.74, 6) is 1.73. The first-order chi connectivity index (χ1) is 14.1. The van der Waals surface area contributed by atoms with E-state index in [1.165, 1.54) is 30.4 Å². The fourth-order valence-corrected chi connectivity index (χ4v) is 4.18. The van der Waals surface area contributed by atoms with Gasteiger partial charge in [-0.05, 0) is 49.1 Å². The molecule has 0 saturated carbocycles. The molecule has 2 N–H and O–H groups in total. The second kappa shape index (κ2) is 11.5. The molecule has 162 valence electrons. The first kappa shape index (κ1) is 22.1. The van der Waals surface area contributed by atoms with Gasteiger partial charge >= 0.3 is 0 Å². The van der Waals surface area contributed by atoms with Crippen molar-refractivity contribution in [2.75, 3.05) is 46.9 Å². The zero-order chi connectivity index (χ0) is 20.5. The quantitative estimate of drug-likeness (QED) is 0.542. The smallest absolute Gasteiger partial charge is 0.193 e. The highest BCUT2D eigenvalue weighted by Crippen LogP contribution is 2.18. The first-order valence-corrected chi connectivity index (χ1v) is 11.1. The Morgan fingerprint density at radius 1 is 1.14 bits per heavy atom. The number of aliphatic hydroxyl groups excluding tert-OH is 1. The number of aliphatic hydroxyl groups is 1. The summed E-state index contributed by atoms with van der Waals surface area (Å²) in [6.45, 7) is 6.57. The van der Waals surface area contributed by atoms with Gasteiger partial charge in [0.15, 0.2) is 5.96 Å². The van der Waals surface area contributed by atoms with Crippen LogP contribution in [0.3, 0.4) is 0 Å². The number of guanidine groups is 1. The van der Waals surface area contributed by atoms with Crippen molar-refractivity contribution in [3.05, 3.63) is 35.4 Å². The third-order valence-electron chi connectivity index (χ3n) is 6.22. The van der Waals surface area contributed by atoms with Crippen LogP contribution in [0.15, 0.2) is 29.3 Å². The third kappa shape index (κ3) is 7.28. The van der Waals surface area contributed by atoms with Gasteiger partial charge in [0.05, 0.1) is 6.10 Å². The van der Waals surface area contributed by atoms with Gasteiger partial charge in [-0.1, -0.05) is 24.3 Å². The number of likely N-dealkylation sites (tertiary alicyclic amines) is 1. The first-order valence-electron chi connectivity index (χ1n) is 11.1. The van der Waals surface area contributed by atoms with E-state index in [9.17, 15) is 5.11 Å². The van der Waals surface area contributed by atoms with E-state index in [1.54, 1.807) is 0 Å². The van der Waals surface area contributed by atoms with Gasteiger partial charge < -0.3 is 20.1 Å². The molecule has 0 bridgehead atoms. The lowest BCUT2D eigenvalue weighted by Gasteiger charge is -2.29. The summed E-state index contributed by atoms with van der Waals surface area (Å²) in [5.41, 5.74) is 2.60. The van der Waals surface area contributed by atoms with E-state index < -0.39 is 0 Å². The number of ether oxygens (including phenoxy) is 1. The zero-order valence-corrected chi connectivity index (χ0v) is 18.1. The lowest BCUT2D eigenvalue weighted by Crippen LogP contribution is -2.39. The molecule has 29 heavy (non-hydrogen) atoms. The molecule has 0 aliphatic carbocycles. The van der Waals surface area contributed by atoms with Crippen LogP contribution in [0.1, 0.15) is 43.2 Å². The molecule has 0 spiro atoms. The van der Waals surface area contributed by atoms with Crippen molar-refractivity contribution in [2.45, 2.75) is 51.3 Å². The van der Waals surface area contributed by atoms with E-state index in [2.05, 4.69) is 51.4 Å². The molecular formula is C23H38N4O2. The average Bonchev–Trinajstić information content (AvgIpc) is 2.76. The maximum absolute atomic E-state index is 9.64. The Morgan fingerprint density at radius 2 is 1.79 bits per heavy atom. The Balaban J connectivity index is 1.40. The van der Waals surface area contributed by atoms with Crippen LogP contribution in [0, 0.1) is 5.92 Å². The number of benzene rings is 1. The minimum Gasteiger partial charge on any atom is -0.393 e. The maximum atomic E-state index is 9.64. The molecule has 2 aliphatic rings. The monoisotopic (exact) mass is 402 g/mol. The number of aliphatic imine (C=N–C) groups is 1. The minimum atomic E-state index is -0.107. The fraction of sp³-hybridized carbons (Fsp3) is 0.696. The molecule has 6 heteroatoms. The second-order valence-corrected chi connectivity index (χ2v) is 8.49. The van der Waals surface area contributed by atoms with E-state index in [-0.39, 0.29) is 6.10 Å². The van der Waals surface area contributed by atoms with Crippen molar-refractivity contribution in [2.24, 2.45) is 10.9 Å². The molecule has 2 heterocycles. The number of hydrogen-bond acceptors (Lipinski definition) is 4. The highest BCUT2D eigenvalue weighted by atomic mass is 16.5.